The van der Waals surface area contributed by atoms with E-state index in [4.69, 9.17) is 10.2 Å². The number of piperidine rings is 1. The summed E-state index contributed by atoms with van der Waals surface area (Å²) in [6.45, 7) is -0.237. The predicted octanol–water partition coefficient (Wildman–Crippen LogP) is 4.95. The van der Waals surface area contributed by atoms with Crippen LogP contribution in [0.25, 0.3) is 28.3 Å². The topological polar surface area (TPSA) is 114 Å². The molecule has 40 heavy (non-hydrogen) atoms. The van der Waals surface area contributed by atoms with Gasteiger partial charge in [0.05, 0.1) is 17.8 Å². The maximum absolute atomic E-state index is 14.9. The maximum Gasteiger partial charge on any atom is 0.255 e. The molecule has 206 valence electrons. The normalized spacial score (nSPS) is 15.1. The molecule has 3 N–H and O–H groups in total. The molecule has 1 aromatic carbocycles. The zero-order chi connectivity index (χ0) is 28.4. The number of carbonyl (C=O) groups excluding carboxylic acids is 2. The van der Waals surface area contributed by atoms with Crippen LogP contribution in [-0.4, -0.2) is 45.7 Å². The Bertz CT molecular complexity index is 1590. The number of alkyl halides is 2. The molecule has 0 unspecified atom stereocenters. The Balaban J connectivity index is 1.28. The molecule has 0 bridgehead atoms. The lowest BCUT2D eigenvalue weighted by Gasteiger charge is -2.31. The first kappa shape index (κ1) is 26.9. The van der Waals surface area contributed by atoms with Crippen LogP contribution in [0.15, 0.2) is 59.3 Å². The first-order valence-corrected chi connectivity index (χ1v) is 12.3. The van der Waals surface area contributed by atoms with Crippen molar-refractivity contribution in [2.24, 2.45) is 0 Å². The Morgan fingerprint density at radius 3 is 2.50 bits per heavy atom. The van der Waals surface area contributed by atoms with Gasteiger partial charge in [-0.05, 0) is 48.0 Å². The van der Waals surface area contributed by atoms with Gasteiger partial charge in [-0.3, -0.25) is 14.6 Å². The summed E-state index contributed by atoms with van der Waals surface area (Å²) in [5.74, 6) is -5.56. The number of halogens is 4. The van der Waals surface area contributed by atoms with E-state index in [1.54, 1.807) is 18.2 Å². The van der Waals surface area contributed by atoms with Gasteiger partial charge in [-0.2, -0.15) is 4.39 Å². The number of aromatic nitrogens is 2. The van der Waals surface area contributed by atoms with E-state index >= 15 is 0 Å². The third kappa shape index (κ3) is 5.80. The minimum atomic E-state index is -2.79. The SMILES string of the molecule is Nc1ccc(C=CC(=O)NCc2cc3cc(-c4ccc(C(=O)N5CCC(F)(F)CC5)cn4)c(F)c(F)c3o2)cn1. The van der Waals surface area contributed by atoms with Crippen LogP contribution in [0.2, 0.25) is 0 Å². The third-order valence-electron chi connectivity index (χ3n) is 6.48. The second-order valence-electron chi connectivity index (χ2n) is 9.33. The van der Waals surface area contributed by atoms with Crippen LogP contribution in [-0.2, 0) is 11.3 Å². The lowest BCUT2D eigenvalue weighted by atomic mass is 10.0. The van der Waals surface area contributed by atoms with Crippen molar-refractivity contribution in [2.75, 3.05) is 18.8 Å². The molecule has 3 aromatic heterocycles. The molecule has 1 saturated heterocycles. The van der Waals surface area contributed by atoms with Crippen molar-refractivity contribution in [1.82, 2.24) is 20.2 Å². The van der Waals surface area contributed by atoms with E-state index in [0.717, 1.165) is 0 Å². The lowest BCUT2D eigenvalue weighted by molar-refractivity contribution is -0.116. The zero-order valence-corrected chi connectivity index (χ0v) is 21.0. The number of nitrogen functional groups attached to an aromatic ring is 1. The van der Waals surface area contributed by atoms with Gasteiger partial charge < -0.3 is 20.4 Å². The summed E-state index contributed by atoms with van der Waals surface area (Å²) in [6.07, 6.45) is 4.71. The van der Waals surface area contributed by atoms with Gasteiger partial charge >= 0.3 is 0 Å². The number of hydrogen-bond donors (Lipinski definition) is 2. The smallest absolute Gasteiger partial charge is 0.255 e. The molecule has 0 spiro atoms. The highest BCUT2D eigenvalue weighted by Gasteiger charge is 2.35. The molecule has 1 aliphatic rings. The molecular weight excluding hydrogens is 530 g/mol. The summed E-state index contributed by atoms with van der Waals surface area (Å²) < 4.78 is 62.0. The lowest BCUT2D eigenvalue weighted by Crippen LogP contribution is -2.42. The molecule has 4 aromatic rings. The van der Waals surface area contributed by atoms with E-state index in [1.807, 2.05) is 0 Å². The second-order valence-corrected chi connectivity index (χ2v) is 9.33. The molecule has 0 saturated carbocycles. The molecule has 4 heterocycles. The number of benzene rings is 1. The molecule has 2 amide bonds. The first-order chi connectivity index (χ1) is 19.1. The molecule has 0 aliphatic carbocycles. The van der Waals surface area contributed by atoms with Crippen LogP contribution in [0.3, 0.4) is 0 Å². The van der Waals surface area contributed by atoms with Crippen molar-refractivity contribution in [3.63, 3.8) is 0 Å². The van der Waals surface area contributed by atoms with Gasteiger partial charge in [-0.1, -0.05) is 0 Å². The van der Waals surface area contributed by atoms with Crippen molar-refractivity contribution >= 4 is 34.7 Å². The first-order valence-electron chi connectivity index (χ1n) is 12.3. The minimum absolute atomic E-state index is 0.0679. The summed E-state index contributed by atoms with van der Waals surface area (Å²) in [5, 5.41) is 2.85. The molecule has 0 atom stereocenters. The standard InChI is InChI=1S/C28H23F4N5O3/c29-24-20(21-4-3-17(14-34-21)27(39)37-9-7-28(31,32)8-10-37)12-18-11-19(40-26(18)25(24)30)15-36-23(38)6-2-16-1-5-22(33)35-13-16/h1-6,11-14H,7-10,15H2,(H2,33,35)(H,36,38). The zero-order valence-electron chi connectivity index (χ0n) is 21.0. The Morgan fingerprint density at radius 2 is 1.82 bits per heavy atom. The fourth-order valence-electron chi connectivity index (χ4n) is 4.27. The van der Waals surface area contributed by atoms with E-state index in [0.29, 0.717) is 11.4 Å². The second kappa shape index (κ2) is 10.8. The maximum atomic E-state index is 14.9. The van der Waals surface area contributed by atoms with Gasteiger partial charge in [0.25, 0.3) is 11.8 Å². The van der Waals surface area contributed by atoms with Crippen LogP contribution >= 0.6 is 0 Å². The molecule has 8 nitrogen and oxygen atoms in total. The summed E-state index contributed by atoms with van der Waals surface area (Å²) in [6, 6.07) is 8.87. The average molecular weight is 554 g/mol. The molecule has 5 rings (SSSR count). The number of hydrogen-bond acceptors (Lipinski definition) is 6. The van der Waals surface area contributed by atoms with E-state index in [1.165, 1.54) is 47.6 Å². The van der Waals surface area contributed by atoms with Gasteiger partial charge in [0, 0.05) is 55.4 Å². The summed E-state index contributed by atoms with van der Waals surface area (Å²) in [7, 11) is 0. The van der Waals surface area contributed by atoms with Crippen molar-refractivity contribution < 1.29 is 31.6 Å². The van der Waals surface area contributed by atoms with Crippen molar-refractivity contribution in [3.05, 3.63) is 83.4 Å². The quantitative estimate of drug-likeness (QED) is 0.258. The number of anilines is 1. The number of rotatable bonds is 6. The number of pyridine rings is 2. The number of furan rings is 1. The number of fused-ring (bicyclic) bond motifs is 1. The van der Waals surface area contributed by atoms with E-state index in [-0.39, 0.29) is 53.2 Å². The largest absolute Gasteiger partial charge is 0.456 e. The number of carbonyl (C=O) groups is 2. The van der Waals surface area contributed by atoms with Crippen LogP contribution in [0.4, 0.5) is 23.4 Å². The number of nitrogens with one attached hydrogen (secondary N) is 1. The van der Waals surface area contributed by atoms with Gasteiger partial charge in [-0.15, -0.1) is 0 Å². The minimum Gasteiger partial charge on any atom is -0.456 e. The van der Waals surface area contributed by atoms with E-state index in [2.05, 4.69) is 15.3 Å². The van der Waals surface area contributed by atoms with E-state index in [9.17, 15) is 27.2 Å². The van der Waals surface area contributed by atoms with Crippen LogP contribution < -0.4 is 11.1 Å². The highest BCUT2D eigenvalue weighted by Crippen LogP contribution is 2.32. The highest BCUT2D eigenvalue weighted by molar-refractivity contribution is 5.94. The molecule has 0 radical (unpaired) electrons. The highest BCUT2D eigenvalue weighted by atomic mass is 19.3. The Kier molecular flexibility index (Phi) is 7.24. The Morgan fingerprint density at radius 1 is 1.05 bits per heavy atom. The van der Waals surface area contributed by atoms with E-state index < -0.39 is 42.2 Å². The summed E-state index contributed by atoms with van der Waals surface area (Å²) in [4.78, 5) is 34.1. The molecule has 12 heteroatoms. The fraction of sp³-hybridized carbons (Fsp3) is 0.214. The van der Waals surface area contributed by atoms with Gasteiger partial charge in [0.2, 0.25) is 11.7 Å². The summed E-state index contributed by atoms with van der Waals surface area (Å²) >= 11 is 0. The van der Waals surface area contributed by atoms with Crippen LogP contribution in [0, 0.1) is 11.6 Å². The van der Waals surface area contributed by atoms with Gasteiger partial charge in [0.1, 0.15) is 11.6 Å². The molecule has 1 aliphatic heterocycles. The van der Waals surface area contributed by atoms with Gasteiger partial charge in [0.15, 0.2) is 11.4 Å². The third-order valence-corrected chi connectivity index (χ3v) is 6.48. The van der Waals surface area contributed by atoms with Crippen molar-refractivity contribution in [1.29, 1.82) is 0 Å². The average Bonchev–Trinajstić information content (AvgIpc) is 3.36. The number of nitrogens with zero attached hydrogens (tertiary/aromatic N) is 3. The molecule has 1 fully saturated rings. The van der Waals surface area contributed by atoms with Crippen LogP contribution in [0.1, 0.15) is 34.5 Å². The number of likely N-dealkylation sites (tertiary alicyclic amines) is 1. The molecular formula is C28H23F4N5O3. The monoisotopic (exact) mass is 553 g/mol. The summed E-state index contributed by atoms with van der Waals surface area (Å²) in [5.41, 5.74) is 5.94. The van der Waals surface area contributed by atoms with Gasteiger partial charge in [-0.25, -0.2) is 18.2 Å². The predicted molar refractivity (Wildman–Crippen MR) is 139 cm³/mol. The van der Waals surface area contributed by atoms with Crippen molar-refractivity contribution in [3.8, 4) is 11.3 Å². The van der Waals surface area contributed by atoms with Crippen molar-refractivity contribution in [2.45, 2.75) is 25.3 Å². The fourth-order valence-corrected chi connectivity index (χ4v) is 4.27. The number of nitrogens with two attached hydrogens (primary N) is 1. The van der Waals surface area contributed by atoms with Crippen LogP contribution in [0.5, 0.6) is 0 Å². The Hall–Kier alpha value is -4.74. The number of amides is 2. The Labute approximate surface area is 225 Å².